The number of aliphatic hydroxyl groups excluding tert-OH is 2. The van der Waals surface area contributed by atoms with E-state index < -0.39 is 30.5 Å². The van der Waals surface area contributed by atoms with Gasteiger partial charge >= 0.3 is 0 Å². The molecule has 0 spiro atoms. The van der Waals surface area contributed by atoms with Crippen LogP contribution in [0.15, 0.2) is 40.3 Å². The second-order valence-corrected chi connectivity index (χ2v) is 10.9. The van der Waals surface area contributed by atoms with Gasteiger partial charge in [0.15, 0.2) is 0 Å². The van der Waals surface area contributed by atoms with Crippen LogP contribution in [0, 0.1) is 11.8 Å². The highest BCUT2D eigenvalue weighted by atomic mass is 32.2. The van der Waals surface area contributed by atoms with Gasteiger partial charge in [0.1, 0.15) is 12.3 Å². The lowest BCUT2D eigenvalue weighted by Crippen LogP contribution is -2.56. The van der Waals surface area contributed by atoms with Gasteiger partial charge in [-0.2, -0.15) is 0 Å². The number of amides is 2. The summed E-state index contributed by atoms with van der Waals surface area (Å²) in [5.41, 5.74) is 8.80. The fraction of sp³-hybridized carbons (Fsp3) is 0.654. The van der Waals surface area contributed by atoms with E-state index in [0.717, 1.165) is 23.4 Å². The van der Waals surface area contributed by atoms with Crippen LogP contribution >= 0.6 is 11.8 Å². The first-order chi connectivity index (χ1) is 17.0. The third kappa shape index (κ3) is 9.15. The summed E-state index contributed by atoms with van der Waals surface area (Å²) in [7, 11) is 0. The number of aliphatic hydroxyl groups is 2. The lowest BCUT2D eigenvalue weighted by atomic mass is 9.96. The van der Waals surface area contributed by atoms with E-state index in [1.54, 1.807) is 12.5 Å². The van der Waals surface area contributed by atoms with Crippen molar-refractivity contribution in [1.29, 1.82) is 0 Å². The van der Waals surface area contributed by atoms with Gasteiger partial charge in [0, 0.05) is 24.5 Å². The van der Waals surface area contributed by atoms with Crippen LogP contribution in [-0.4, -0.2) is 82.6 Å². The molecule has 1 fully saturated rings. The van der Waals surface area contributed by atoms with Gasteiger partial charge in [-0.25, -0.2) is 0 Å². The molecule has 10 heteroatoms. The number of carbonyl (C=O) groups excluding carboxylic acids is 2. The van der Waals surface area contributed by atoms with Crippen molar-refractivity contribution in [2.75, 3.05) is 19.6 Å². The molecule has 2 aliphatic rings. The summed E-state index contributed by atoms with van der Waals surface area (Å²) in [5.74, 6) is -0.290. The Morgan fingerprint density at radius 1 is 1.39 bits per heavy atom. The van der Waals surface area contributed by atoms with Crippen molar-refractivity contribution in [1.82, 2.24) is 15.5 Å². The summed E-state index contributed by atoms with van der Waals surface area (Å²) >= 11 is 1.50. The summed E-state index contributed by atoms with van der Waals surface area (Å²) in [6, 6.07) is -2.09. The number of thioether (sulfide) groups is 1. The predicted molar refractivity (Wildman–Crippen MR) is 146 cm³/mol. The fourth-order valence-corrected chi connectivity index (χ4v) is 4.95. The van der Waals surface area contributed by atoms with Gasteiger partial charge < -0.3 is 26.2 Å². The van der Waals surface area contributed by atoms with Gasteiger partial charge in [0.2, 0.25) is 11.8 Å². The highest BCUT2D eigenvalue weighted by Gasteiger charge is 2.40. The molecule has 0 radical (unpaired) electrons. The summed E-state index contributed by atoms with van der Waals surface area (Å²) < 4.78 is 0. The number of nitrogens with two attached hydrogens (primary N) is 1. The van der Waals surface area contributed by atoms with E-state index in [1.165, 1.54) is 16.7 Å². The molecule has 1 heterocycles. The van der Waals surface area contributed by atoms with Crippen molar-refractivity contribution in [2.45, 2.75) is 77.4 Å². The Kier molecular flexibility index (Phi) is 12.3. The van der Waals surface area contributed by atoms with Gasteiger partial charge in [0.05, 0.1) is 23.7 Å². The zero-order valence-corrected chi connectivity index (χ0v) is 22.7. The fourth-order valence-electron chi connectivity index (χ4n) is 4.32. The van der Waals surface area contributed by atoms with Gasteiger partial charge in [-0.15, -0.1) is 0 Å². The number of allylic oxidation sites excluding steroid dienone is 3. The summed E-state index contributed by atoms with van der Waals surface area (Å²) in [6.07, 6.45) is 6.07. The second kappa shape index (κ2) is 14.7. The Hall–Kier alpha value is -1.98. The molecule has 9 nitrogen and oxygen atoms in total. The number of carbonyl (C=O) groups is 2. The number of hydrogen-bond acceptors (Lipinski definition) is 8. The lowest BCUT2D eigenvalue weighted by Gasteiger charge is -2.32. The zero-order chi connectivity index (χ0) is 26.8. The van der Waals surface area contributed by atoms with Crippen LogP contribution in [-0.2, 0) is 9.59 Å². The first kappa shape index (κ1) is 30.2. The van der Waals surface area contributed by atoms with E-state index in [-0.39, 0.29) is 36.6 Å². The van der Waals surface area contributed by atoms with E-state index in [9.17, 15) is 19.8 Å². The van der Waals surface area contributed by atoms with Crippen LogP contribution < -0.4 is 16.4 Å². The Morgan fingerprint density at radius 3 is 2.72 bits per heavy atom. The molecule has 6 atom stereocenters. The minimum Gasteiger partial charge on any atom is -0.391 e. The molecule has 0 aromatic rings. The molecule has 36 heavy (non-hydrogen) atoms. The largest absolute Gasteiger partial charge is 0.391 e. The Labute approximate surface area is 219 Å². The highest BCUT2D eigenvalue weighted by molar-refractivity contribution is 8.15. The molecule has 0 saturated carbocycles. The molecule has 2 rings (SSSR count). The molecular formula is C26H43N5O4S. The standard InChI is InChI=1S/C26H43N5O4S/c1-6-28-15-36-18(5)20-9-7-19(8-10-20)13-29-25(34)23-12-21(32)14-31(23)26(35)17(4)30-24(33)22(27)11-16(2)3/h7,9-10,15-17,19,21-23,25,29,32,34H,5-6,8,11-14,27H2,1-4H3,(H,30,33). The molecule has 202 valence electrons. The number of aliphatic imine (C=N–C) groups is 1. The average Bonchev–Trinajstić information content (AvgIpc) is 3.23. The van der Waals surface area contributed by atoms with Crippen LogP contribution in [0.1, 0.15) is 47.0 Å². The van der Waals surface area contributed by atoms with Crippen LogP contribution in [0.2, 0.25) is 0 Å². The van der Waals surface area contributed by atoms with E-state index in [0.29, 0.717) is 13.0 Å². The topological polar surface area (TPSA) is 140 Å². The maximum absolute atomic E-state index is 13.1. The van der Waals surface area contributed by atoms with Crippen molar-refractivity contribution in [2.24, 2.45) is 22.6 Å². The van der Waals surface area contributed by atoms with Gasteiger partial charge in [-0.3, -0.25) is 19.9 Å². The Morgan fingerprint density at radius 2 is 2.11 bits per heavy atom. The van der Waals surface area contributed by atoms with Crippen molar-refractivity contribution in [3.63, 3.8) is 0 Å². The quantitative estimate of drug-likeness (QED) is 0.141. The van der Waals surface area contributed by atoms with Crippen LogP contribution in [0.5, 0.6) is 0 Å². The highest BCUT2D eigenvalue weighted by Crippen LogP contribution is 2.27. The number of β-amino-alcohol motifs (C(OH)–C–C–N with tert-alkyl or cyclic N) is 1. The Balaban J connectivity index is 1.87. The first-order valence-corrected chi connectivity index (χ1v) is 13.6. The maximum Gasteiger partial charge on any atom is 0.245 e. The number of hydrogen-bond donors (Lipinski definition) is 5. The molecule has 0 aromatic heterocycles. The van der Waals surface area contributed by atoms with E-state index in [4.69, 9.17) is 5.73 Å². The van der Waals surface area contributed by atoms with Crippen LogP contribution in [0.4, 0.5) is 0 Å². The van der Waals surface area contributed by atoms with Crippen molar-refractivity contribution >= 4 is 29.1 Å². The van der Waals surface area contributed by atoms with E-state index >= 15 is 0 Å². The Bertz CT molecular complexity index is 859. The number of nitrogens with zero attached hydrogens (tertiary/aromatic N) is 2. The molecule has 1 saturated heterocycles. The second-order valence-electron chi connectivity index (χ2n) is 9.93. The normalized spacial score (nSPS) is 24.6. The van der Waals surface area contributed by atoms with Crippen LogP contribution in [0.25, 0.3) is 0 Å². The van der Waals surface area contributed by atoms with Crippen molar-refractivity contribution in [3.05, 3.63) is 35.3 Å². The van der Waals surface area contributed by atoms with Gasteiger partial charge in [0.25, 0.3) is 0 Å². The molecule has 0 aromatic carbocycles. The predicted octanol–water partition coefficient (Wildman–Crippen LogP) is 1.53. The number of rotatable bonds is 13. The van der Waals surface area contributed by atoms with Crippen LogP contribution in [0.3, 0.4) is 0 Å². The monoisotopic (exact) mass is 521 g/mol. The number of nitrogens with one attached hydrogen (secondary N) is 2. The first-order valence-electron chi connectivity index (χ1n) is 12.7. The van der Waals surface area contributed by atoms with Gasteiger partial charge in [-0.1, -0.05) is 50.4 Å². The van der Waals surface area contributed by atoms with Crippen molar-refractivity contribution in [3.8, 4) is 0 Å². The summed E-state index contributed by atoms with van der Waals surface area (Å²) in [4.78, 5) is 32.0. The average molecular weight is 522 g/mol. The molecule has 6 unspecified atom stereocenters. The smallest absolute Gasteiger partial charge is 0.245 e. The van der Waals surface area contributed by atoms with Crippen molar-refractivity contribution < 1.29 is 19.8 Å². The molecule has 1 aliphatic heterocycles. The van der Waals surface area contributed by atoms with E-state index in [2.05, 4.69) is 34.4 Å². The van der Waals surface area contributed by atoms with Gasteiger partial charge in [-0.05, 0) is 50.5 Å². The molecule has 1 aliphatic carbocycles. The zero-order valence-electron chi connectivity index (χ0n) is 21.9. The SMILES string of the molecule is C=C(SC=NCC)C1=CCC(CNC(O)C2CC(O)CN2C(=O)C(C)NC(=O)C(N)CC(C)C)C=C1. The molecular weight excluding hydrogens is 478 g/mol. The molecule has 0 bridgehead atoms. The third-order valence-electron chi connectivity index (χ3n) is 6.31. The lowest BCUT2D eigenvalue weighted by molar-refractivity contribution is -0.139. The number of likely N-dealkylation sites (tertiary alicyclic amines) is 1. The van der Waals surface area contributed by atoms with E-state index in [1.807, 2.05) is 26.8 Å². The minimum atomic E-state index is -1.01. The summed E-state index contributed by atoms with van der Waals surface area (Å²) in [6.45, 7) is 13.0. The molecule has 2 amide bonds. The maximum atomic E-state index is 13.1. The summed E-state index contributed by atoms with van der Waals surface area (Å²) in [5, 5.41) is 26.8. The molecule has 6 N–H and O–H groups in total. The minimum absolute atomic E-state index is 0.108. The third-order valence-corrected chi connectivity index (χ3v) is 7.09.